The zero-order valence-electron chi connectivity index (χ0n) is 26.1. The van der Waals surface area contributed by atoms with E-state index in [0.717, 1.165) is 5.69 Å². The highest BCUT2D eigenvalue weighted by Gasteiger charge is 2.49. The van der Waals surface area contributed by atoms with Crippen molar-refractivity contribution in [2.45, 2.75) is 64.5 Å². The lowest BCUT2D eigenvalue weighted by Crippen LogP contribution is -2.35. The van der Waals surface area contributed by atoms with Crippen LogP contribution in [0.2, 0.25) is 0 Å². The molecule has 1 saturated heterocycles. The Kier molecular flexibility index (Phi) is 10.6. The van der Waals surface area contributed by atoms with E-state index >= 15 is 0 Å². The monoisotopic (exact) mass is 662 g/mol. The van der Waals surface area contributed by atoms with Crippen molar-refractivity contribution in [2.24, 2.45) is 5.92 Å². The van der Waals surface area contributed by atoms with Crippen molar-refractivity contribution in [1.29, 1.82) is 0 Å². The number of alkyl halides is 3. The molecule has 4 rings (SSSR count). The van der Waals surface area contributed by atoms with Gasteiger partial charge in [0.1, 0.15) is 18.2 Å². The molecule has 2 aromatic carbocycles. The number of nitrogens with zero attached hydrogens (tertiary/aromatic N) is 3. The molecular formula is C32H37F3N4O6S. The Balaban J connectivity index is 1.62. The topological polar surface area (TPSA) is 128 Å². The molecule has 0 spiro atoms. The number of halogens is 3. The van der Waals surface area contributed by atoms with Crippen molar-refractivity contribution in [3.63, 3.8) is 0 Å². The Morgan fingerprint density at radius 1 is 0.978 bits per heavy atom. The number of hydrogen-bond donors (Lipinski definition) is 1. The highest BCUT2D eigenvalue weighted by atomic mass is 32.2. The van der Waals surface area contributed by atoms with E-state index in [4.69, 9.17) is 4.74 Å². The minimum absolute atomic E-state index is 0.0253. The van der Waals surface area contributed by atoms with E-state index in [1.807, 2.05) is 0 Å². The number of carbonyl (C=O) groups excluding carboxylic acids is 2. The molecule has 0 bridgehead atoms. The molecule has 14 heteroatoms. The first-order valence-electron chi connectivity index (χ1n) is 14.7. The van der Waals surface area contributed by atoms with Gasteiger partial charge in [0, 0.05) is 25.2 Å². The van der Waals surface area contributed by atoms with Crippen LogP contribution in [0.1, 0.15) is 68.0 Å². The SMILES string of the molecule is CC(=O)CNC(=O)c1nc(CC2CCN(c3ccc(C(C)(C)C)cc3)CC2)nc(OS(=O)(=O)C(F)(F)F)c1OCc1ccccc1. The van der Waals surface area contributed by atoms with Crippen LogP contribution in [0, 0.1) is 5.92 Å². The highest BCUT2D eigenvalue weighted by Crippen LogP contribution is 2.35. The van der Waals surface area contributed by atoms with Crippen LogP contribution in [-0.2, 0) is 33.4 Å². The third-order valence-electron chi connectivity index (χ3n) is 7.48. The van der Waals surface area contributed by atoms with Crippen LogP contribution >= 0.6 is 0 Å². The number of piperidine rings is 1. The second-order valence-electron chi connectivity index (χ2n) is 12.2. The number of hydrogen-bond acceptors (Lipinski definition) is 9. The summed E-state index contributed by atoms with van der Waals surface area (Å²) in [6, 6.07) is 16.8. The number of anilines is 1. The maximum Gasteiger partial charge on any atom is 0.534 e. The Labute approximate surface area is 266 Å². The molecule has 0 atom stereocenters. The fourth-order valence-corrected chi connectivity index (χ4v) is 5.32. The molecule has 46 heavy (non-hydrogen) atoms. The predicted octanol–water partition coefficient (Wildman–Crippen LogP) is 5.36. The summed E-state index contributed by atoms with van der Waals surface area (Å²) in [5, 5.41) is 2.33. The van der Waals surface area contributed by atoms with E-state index in [9.17, 15) is 31.2 Å². The number of Topliss-reactive ketones (excluding diaryl/α,β-unsaturated/α-hetero) is 1. The van der Waals surface area contributed by atoms with Gasteiger partial charge in [0.25, 0.3) is 11.8 Å². The Bertz CT molecular complexity index is 1640. The molecule has 1 aromatic heterocycles. The zero-order valence-corrected chi connectivity index (χ0v) is 26.9. The molecule has 248 valence electrons. The largest absolute Gasteiger partial charge is 0.534 e. The Morgan fingerprint density at radius 2 is 1.61 bits per heavy atom. The number of aromatic nitrogens is 2. The number of carbonyl (C=O) groups is 2. The number of rotatable bonds is 11. The first kappa shape index (κ1) is 34.7. The molecule has 10 nitrogen and oxygen atoms in total. The molecule has 0 aliphatic carbocycles. The van der Waals surface area contributed by atoms with Gasteiger partial charge in [-0.15, -0.1) is 0 Å². The van der Waals surface area contributed by atoms with Gasteiger partial charge < -0.3 is 19.1 Å². The molecular weight excluding hydrogens is 625 g/mol. The van der Waals surface area contributed by atoms with Gasteiger partial charge in [0.05, 0.1) is 6.54 Å². The fourth-order valence-electron chi connectivity index (χ4n) is 4.90. The molecule has 1 aliphatic rings. The molecule has 1 N–H and O–H groups in total. The molecule has 3 aromatic rings. The van der Waals surface area contributed by atoms with Crippen molar-refractivity contribution < 1.29 is 40.1 Å². The quantitative estimate of drug-likeness (QED) is 0.213. The van der Waals surface area contributed by atoms with Crippen molar-refractivity contribution in [3.8, 4) is 11.6 Å². The number of ketones is 1. The van der Waals surface area contributed by atoms with Gasteiger partial charge in [-0.25, -0.2) is 4.98 Å². The van der Waals surface area contributed by atoms with Gasteiger partial charge >= 0.3 is 15.6 Å². The first-order chi connectivity index (χ1) is 21.5. The van der Waals surface area contributed by atoms with Gasteiger partial charge in [-0.3, -0.25) is 9.59 Å². The average molecular weight is 663 g/mol. The van der Waals surface area contributed by atoms with Crippen LogP contribution < -0.4 is 19.1 Å². The summed E-state index contributed by atoms with van der Waals surface area (Å²) in [4.78, 5) is 35.3. The van der Waals surface area contributed by atoms with Gasteiger partial charge in [-0.05, 0) is 54.4 Å². The lowest BCUT2D eigenvalue weighted by Gasteiger charge is -2.34. The molecule has 1 fully saturated rings. The minimum atomic E-state index is -6.19. The molecule has 2 heterocycles. The zero-order chi connectivity index (χ0) is 33.7. The summed E-state index contributed by atoms with van der Waals surface area (Å²) in [5.74, 6) is -3.26. The van der Waals surface area contributed by atoms with Crippen LogP contribution in [0.15, 0.2) is 54.6 Å². The molecule has 0 unspecified atom stereocenters. The molecule has 0 saturated carbocycles. The van der Waals surface area contributed by atoms with E-state index in [2.05, 4.69) is 69.4 Å². The lowest BCUT2D eigenvalue weighted by molar-refractivity contribution is -0.116. The van der Waals surface area contributed by atoms with Gasteiger partial charge in [0.15, 0.2) is 5.69 Å². The number of ether oxygens (including phenoxy) is 1. The number of benzene rings is 2. The predicted molar refractivity (Wildman–Crippen MR) is 165 cm³/mol. The standard InChI is InChI=1S/C32H37F3N4O6S/c1-21(40)19-36-29(41)27-28(44-20-23-8-6-5-7-9-23)30(45-46(42,43)32(33,34)35)38-26(37-27)18-22-14-16-39(17-15-22)25-12-10-24(11-13-25)31(2,3)4/h5-13,22H,14-20H2,1-4H3,(H,36,41). The summed E-state index contributed by atoms with van der Waals surface area (Å²) >= 11 is 0. The molecule has 1 aliphatic heterocycles. The third kappa shape index (κ3) is 8.95. The Morgan fingerprint density at radius 3 is 2.17 bits per heavy atom. The van der Waals surface area contributed by atoms with Gasteiger partial charge in [-0.1, -0.05) is 63.2 Å². The molecule has 1 amide bonds. The van der Waals surface area contributed by atoms with Crippen molar-refractivity contribution >= 4 is 27.5 Å². The third-order valence-corrected chi connectivity index (χ3v) is 8.42. The van der Waals surface area contributed by atoms with E-state index in [0.29, 0.717) is 31.5 Å². The van der Waals surface area contributed by atoms with E-state index in [-0.39, 0.29) is 30.2 Å². The maximum atomic E-state index is 13.4. The summed E-state index contributed by atoms with van der Waals surface area (Å²) < 4.78 is 74.4. The first-order valence-corrected chi connectivity index (χ1v) is 16.2. The maximum absolute atomic E-state index is 13.4. The van der Waals surface area contributed by atoms with Gasteiger partial charge in [0.2, 0.25) is 5.75 Å². The summed E-state index contributed by atoms with van der Waals surface area (Å²) in [7, 11) is -6.19. The molecule has 0 radical (unpaired) electrons. The fraction of sp³-hybridized carbons (Fsp3) is 0.438. The van der Waals surface area contributed by atoms with Crippen LogP contribution in [0.4, 0.5) is 18.9 Å². The summed E-state index contributed by atoms with van der Waals surface area (Å²) in [6.45, 7) is 8.37. The van der Waals surface area contributed by atoms with Crippen LogP contribution in [0.25, 0.3) is 0 Å². The summed E-state index contributed by atoms with van der Waals surface area (Å²) in [6.07, 6.45) is 1.49. The van der Waals surface area contributed by atoms with Crippen molar-refractivity contribution in [3.05, 3.63) is 77.2 Å². The van der Waals surface area contributed by atoms with Crippen LogP contribution in [-0.4, -0.2) is 55.2 Å². The van der Waals surface area contributed by atoms with E-state index in [1.54, 1.807) is 30.3 Å². The highest BCUT2D eigenvalue weighted by molar-refractivity contribution is 7.88. The van der Waals surface area contributed by atoms with E-state index < -0.39 is 51.2 Å². The van der Waals surface area contributed by atoms with E-state index in [1.165, 1.54) is 12.5 Å². The number of nitrogens with one attached hydrogen (secondary N) is 1. The second-order valence-corrected chi connectivity index (χ2v) is 13.7. The van der Waals surface area contributed by atoms with Gasteiger partial charge in [-0.2, -0.15) is 26.6 Å². The van der Waals surface area contributed by atoms with Crippen molar-refractivity contribution in [1.82, 2.24) is 15.3 Å². The summed E-state index contributed by atoms with van der Waals surface area (Å²) in [5.41, 5.74) is -3.45. The minimum Gasteiger partial charge on any atom is -0.481 e. The Hall–Kier alpha value is -4.20. The second kappa shape index (κ2) is 14.1. The lowest BCUT2D eigenvalue weighted by atomic mass is 9.87. The number of amides is 1. The van der Waals surface area contributed by atoms with Crippen molar-refractivity contribution in [2.75, 3.05) is 24.5 Å². The van der Waals surface area contributed by atoms with Crippen LogP contribution in [0.3, 0.4) is 0 Å². The normalized spacial score (nSPS) is 14.5. The average Bonchev–Trinajstić information content (AvgIpc) is 2.99. The van der Waals surface area contributed by atoms with Crippen LogP contribution in [0.5, 0.6) is 11.6 Å². The smallest absolute Gasteiger partial charge is 0.481 e.